The molecule has 2 aromatic rings. The van der Waals surface area contributed by atoms with Gasteiger partial charge in [-0.05, 0) is 18.2 Å². The number of nitrogen functional groups attached to an aromatic ring is 1. The van der Waals surface area contributed by atoms with Crippen molar-refractivity contribution in [3.05, 3.63) is 42.0 Å². The van der Waals surface area contributed by atoms with E-state index in [4.69, 9.17) is 5.73 Å². The Hall–Kier alpha value is -2.37. The largest absolute Gasteiger partial charge is 0.399 e. The standard InChI is InChI=1S/C12H13N5O/c13-10-3-1-2-9(6-10)12(18)16-4-5-17-8-14-15-11(17)7-16/h1-3,6,8H,4-5,7,13H2. The van der Waals surface area contributed by atoms with Crippen LogP contribution in [-0.4, -0.2) is 32.1 Å². The summed E-state index contributed by atoms with van der Waals surface area (Å²) in [5.41, 5.74) is 6.90. The van der Waals surface area contributed by atoms with E-state index in [1.54, 1.807) is 35.5 Å². The van der Waals surface area contributed by atoms with Gasteiger partial charge in [0.2, 0.25) is 0 Å². The van der Waals surface area contributed by atoms with E-state index in [-0.39, 0.29) is 5.91 Å². The van der Waals surface area contributed by atoms with Gasteiger partial charge in [0, 0.05) is 24.3 Å². The summed E-state index contributed by atoms with van der Waals surface area (Å²) < 4.78 is 1.96. The summed E-state index contributed by atoms with van der Waals surface area (Å²) in [6, 6.07) is 7.03. The summed E-state index contributed by atoms with van der Waals surface area (Å²) in [4.78, 5) is 14.1. The third-order valence-electron chi connectivity index (χ3n) is 3.06. The molecule has 1 aromatic heterocycles. The van der Waals surface area contributed by atoms with Crippen molar-refractivity contribution in [3.8, 4) is 0 Å². The summed E-state index contributed by atoms with van der Waals surface area (Å²) in [7, 11) is 0. The van der Waals surface area contributed by atoms with Gasteiger partial charge in [-0.15, -0.1) is 10.2 Å². The molecule has 0 atom stereocenters. The minimum Gasteiger partial charge on any atom is -0.399 e. The number of rotatable bonds is 1. The second-order valence-corrected chi connectivity index (χ2v) is 4.29. The van der Waals surface area contributed by atoms with Gasteiger partial charge in [-0.3, -0.25) is 4.79 Å². The summed E-state index contributed by atoms with van der Waals surface area (Å²) in [5.74, 6) is 0.801. The molecule has 92 valence electrons. The minimum atomic E-state index is -0.0171. The van der Waals surface area contributed by atoms with Crippen molar-refractivity contribution >= 4 is 11.6 Å². The fraction of sp³-hybridized carbons (Fsp3) is 0.250. The van der Waals surface area contributed by atoms with Crippen molar-refractivity contribution in [2.75, 3.05) is 12.3 Å². The zero-order valence-corrected chi connectivity index (χ0v) is 9.78. The summed E-state index contributed by atoms with van der Waals surface area (Å²) in [6.07, 6.45) is 1.69. The van der Waals surface area contributed by atoms with E-state index in [0.29, 0.717) is 24.3 Å². The Labute approximate surface area is 104 Å². The first-order chi connectivity index (χ1) is 8.74. The van der Waals surface area contributed by atoms with Crippen LogP contribution >= 0.6 is 0 Å². The quantitative estimate of drug-likeness (QED) is 0.740. The summed E-state index contributed by atoms with van der Waals surface area (Å²) >= 11 is 0. The van der Waals surface area contributed by atoms with Crippen molar-refractivity contribution in [1.82, 2.24) is 19.7 Å². The van der Waals surface area contributed by atoms with E-state index in [0.717, 1.165) is 12.4 Å². The third-order valence-corrected chi connectivity index (χ3v) is 3.06. The van der Waals surface area contributed by atoms with Crippen LogP contribution in [0.25, 0.3) is 0 Å². The molecule has 0 unspecified atom stereocenters. The number of nitrogens with zero attached hydrogens (tertiary/aromatic N) is 4. The Balaban J connectivity index is 1.83. The molecule has 0 bridgehead atoms. The maximum Gasteiger partial charge on any atom is 0.254 e. The van der Waals surface area contributed by atoms with Gasteiger partial charge in [0.15, 0.2) is 5.82 Å². The molecular formula is C12H13N5O. The van der Waals surface area contributed by atoms with E-state index in [2.05, 4.69) is 10.2 Å². The molecule has 1 amide bonds. The monoisotopic (exact) mass is 243 g/mol. The zero-order valence-electron chi connectivity index (χ0n) is 9.78. The normalized spacial score (nSPS) is 14.3. The highest BCUT2D eigenvalue weighted by atomic mass is 16.2. The fourth-order valence-electron chi connectivity index (χ4n) is 2.09. The van der Waals surface area contributed by atoms with Crippen LogP contribution < -0.4 is 5.73 Å². The van der Waals surface area contributed by atoms with E-state index in [1.165, 1.54) is 0 Å². The highest BCUT2D eigenvalue weighted by Crippen LogP contribution is 2.14. The number of hydrogen-bond donors (Lipinski definition) is 1. The van der Waals surface area contributed by atoms with Crippen LogP contribution in [0.3, 0.4) is 0 Å². The maximum absolute atomic E-state index is 12.3. The van der Waals surface area contributed by atoms with E-state index in [1.807, 2.05) is 4.57 Å². The predicted octanol–water partition coefficient (Wildman–Crippen LogP) is 0.516. The van der Waals surface area contributed by atoms with Crippen LogP contribution in [0.4, 0.5) is 5.69 Å². The number of anilines is 1. The predicted molar refractivity (Wildman–Crippen MR) is 65.6 cm³/mol. The SMILES string of the molecule is Nc1cccc(C(=O)N2CCn3cnnc3C2)c1. The van der Waals surface area contributed by atoms with Crippen LogP contribution in [-0.2, 0) is 13.1 Å². The van der Waals surface area contributed by atoms with Gasteiger partial charge in [-0.2, -0.15) is 0 Å². The van der Waals surface area contributed by atoms with Crippen LogP contribution in [0.5, 0.6) is 0 Å². The molecule has 0 aliphatic carbocycles. The first kappa shape index (κ1) is 10.8. The number of aromatic nitrogens is 3. The number of hydrogen-bond acceptors (Lipinski definition) is 4. The highest BCUT2D eigenvalue weighted by Gasteiger charge is 2.22. The molecule has 6 nitrogen and oxygen atoms in total. The third kappa shape index (κ3) is 1.81. The molecule has 1 aromatic carbocycles. The van der Waals surface area contributed by atoms with Gasteiger partial charge in [0.25, 0.3) is 5.91 Å². The van der Waals surface area contributed by atoms with Crippen LogP contribution in [0.2, 0.25) is 0 Å². The number of carbonyl (C=O) groups excluding carboxylic acids is 1. The molecule has 1 aliphatic heterocycles. The second kappa shape index (κ2) is 4.14. The molecule has 1 aliphatic rings. The average Bonchev–Trinajstić information content (AvgIpc) is 2.85. The summed E-state index contributed by atoms with van der Waals surface area (Å²) in [5, 5.41) is 7.83. The Bertz CT molecular complexity index is 592. The average molecular weight is 243 g/mol. The van der Waals surface area contributed by atoms with Gasteiger partial charge in [-0.25, -0.2) is 0 Å². The lowest BCUT2D eigenvalue weighted by Gasteiger charge is -2.27. The van der Waals surface area contributed by atoms with E-state index >= 15 is 0 Å². The Morgan fingerprint density at radius 2 is 2.22 bits per heavy atom. The van der Waals surface area contributed by atoms with Crippen molar-refractivity contribution < 1.29 is 4.79 Å². The molecular weight excluding hydrogens is 230 g/mol. The van der Waals surface area contributed by atoms with Crippen molar-refractivity contribution in [2.45, 2.75) is 13.1 Å². The van der Waals surface area contributed by atoms with Gasteiger partial charge in [0.1, 0.15) is 6.33 Å². The number of amides is 1. The molecule has 2 N–H and O–H groups in total. The maximum atomic E-state index is 12.3. The van der Waals surface area contributed by atoms with Crippen LogP contribution in [0.1, 0.15) is 16.2 Å². The fourth-order valence-corrected chi connectivity index (χ4v) is 2.09. The Morgan fingerprint density at radius 1 is 1.33 bits per heavy atom. The summed E-state index contributed by atoms with van der Waals surface area (Å²) in [6.45, 7) is 1.89. The topological polar surface area (TPSA) is 77.0 Å². The Morgan fingerprint density at radius 3 is 3.06 bits per heavy atom. The lowest BCUT2D eigenvalue weighted by atomic mass is 10.1. The molecule has 3 rings (SSSR count). The lowest BCUT2D eigenvalue weighted by Crippen LogP contribution is -2.38. The molecule has 0 radical (unpaired) electrons. The number of carbonyl (C=O) groups is 1. The highest BCUT2D eigenvalue weighted by molar-refractivity contribution is 5.95. The molecule has 2 heterocycles. The van der Waals surface area contributed by atoms with Gasteiger partial charge >= 0.3 is 0 Å². The van der Waals surface area contributed by atoms with Crippen molar-refractivity contribution in [2.24, 2.45) is 0 Å². The zero-order chi connectivity index (χ0) is 12.5. The second-order valence-electron chi connectivity index (χ2n) is 4.29. The van der Waals surface area contributed by atoms with Gasteiger partial charge < -0.3 is 15.2 Å². The Kier molecular flexibility index (Phi) is 2.47. The molecule has 0 spiro atoms. The smallest absolute Gasteiger partial charge is 0.254 e. The first-order valence-corrected chi connectivity index (χ1v) is 5.75. The number of nitrogens with two attached hydrogens (primary N) is 1. The molecule has 0 saturated carbocycles. The van der Waals surface area contributed by atoms with Gasteiger partial charge in [0.05, 0.1) is 6.54 Å². The lowest BCUT2D eigenvalue weighted by molar-refractivity contribution is 0.0707. The van der Waals surface area contributed by atoms with Crippen LogP contribution in [0, 0.1) is 0 Å². The van der Waals surface area contributed by atoms with E-state index in [9.17, 15) is 4.79 Å². The van der Waals surface area contributed by atoms with Crippen molar-refractivity contribution in [3.63, 3.8) is 0 Å². The number of benzene rings is 1. The number of fused-ring (bicyclic) bond motifs is 1. The molecule has 0 fully saturated rings. The van der Waals surface area contributed by atoms with Crippen LogP contribution in [0.15, 0.2) is 30.6 Å². The van der Waals surface area contributed by atoms with Gasteiger partial charge in [-0.1, -0.05) is 6.07 Å². The molecule has 0 saturated heterocycles. The molecule has 6 heteroatoms. The minimum absolute atomic E-state index is 0.0171. The molecule has 18 heavy (non-hydrogen) atoms. The van der Waals surface area contributed by atoms with Crippen molar-refractivity contribution in [1.29, 1.82) is 0 Å². The van der Waals surface area contributed by atoms with E-state index < -0.39 is 0 Å². The first-order valence-electron chi connectivity index (χ1n) is 5.75.